The second-order valence-corrected chi connectivity index (χ2v) is 6.65. The predicted molar refractivity (Wildman–Crippen MR) is 64.7 cm³/mol. The minimum absolute atomic E-state index is 0.0229. The van der Waals surface area contributed by atoms with Gasteiger partial charge in [-0.2, -0.15) is 0 Å². The van der Waals surface area contributed by atoms with Crippen molar-refractivity contribution in [2.45, 2.75) is 18.9 Å². The first-order valence-electron chi connectivity index (χ1n) is 5.94. The monoisotopic (exact) mass is 300 g/mol. The SMILES string of the molecule is O=C(CC1CS(=O)(=O)CCN1)N(CCO)CC(F)F. The Labute approximate surface area is 110 Å². The van der Waals surface area contributed by atoms with Crippen LogP contribution in [0.25, 0.3) is 0 Å². The highest BCUT2D eigenvalue weighted by Crippen LogP contribution is 2.08. The van der Waals surface area contributed by atoms with E-state index >= 15 is 0 Å². The van der Waals surface area contributed by atoms with E-state index < -0.39 is 41.4 Å². The van der Waals surface area contributed by atoms with Gasteiger partial charge >= 0.3 is 0 Å². The lowest BCUT2D eigenvalue weighted by molar-refractivity contribution is -0.134. The van der Waals surface area contributed by atoms with Crippen molar-refractivity contribution in [3.8, 4) is 0 Å². The highest BCUT2D eigenvalue weighted by atomic mass is 32.2. The van der Waals surface area contributed by atoms with Crippen molar-refractivity contribution in [1.29, 1.82) is 0 Å². The number of carbonyl (C=O) groups excluding carboxylic acids is 1. The maximum Gasteiger partial charge on any atom is 0.255 e. The maximum absolute atomic E-state index is 12.3. The third kappa shape index (κ3) is 5.79. The number of hydrogen-bond acceptors (Lipinski definition) is 5. The molecule has 0 bridgehead atoms. The Kier molecular flexibility index (Phi) is 6.08. The number of rotatable bonds is 6. The van der Waals surface area contributed by atoms with Crippen molar-refractivity contribution in [3.63, 3.8) is 0 Å². The van der Waals surface area contributed by atoms with Gasteiger partial charge in [-0.3, -0.25) is 4.79 Å². The van der Waals surface area contributed by atoms with E-state index in [1.807, 2.05) is 0 Å². The van der Waals surface area contributed by atoms with Crippen LogP contribution in [0.5, 0.6) is 0 Å². The first-order valence-corrected chi connectivity index (χ1v) is 7.77. The molecule has 1 unspecified atom stereocenters. The Morgan fingerprint density at radius 3 is 2.68 bits per heavy atom. The summed E-state index contributed by atoms with van der Waals surface area (Å²) in [6.07, 6.45) is -2.84. The molecule has 112 valence electrons. The minimum atomic E-state index is -3.17. The average Bonchev–Trinajstić information content (AvgIpc) is 2.26. The third-order valence-electron chi connectivity index (χ3n) is 2.80. The van der Waals surface area contributed by atoms with Crippen molar-refractivity contribution >= 4 is 15.7 Å². The first-order chi connectivity index (χ1) is 8.84. The van der Waals surface area contributed by atoms with Gasteiger partial charge in [0.25, 0.3) is 6.43 Å². The van der Waals surface area contributed by atoms with Gasteiger partial charge in [-0.15, -0.1) is 0 Å². The normalized spacial score (nSPS) is 22.4. The molecule has 9 heteroatoms. The molecule has 0 aromatic carbocycles. The molecule has 0 aromatic heterocycles. The van der Waals surface area contributed by atoms with E-state index in [0.29, 0.717) is 0 Å². The largest absolute Gasteiger partial charge is 0.395 e. The van der Waals surface area contributed by atoms with Gasteiger partial charge in [-0.1, -0.05) is 0 Å². The van der Waals surface area contributed by atoms with Crippen LogP contribution in [0.4, 0.5) is 8.78 Å². The molecule has 0 aromatic rings. The number of nitrogens with one attached hydrogen (secondary N) is 1. The molecule has 0 spiro atoms. The van der Waals surface area contributed by atoms with Crippen LogP contribution in [0.2, 0.25) is 0 Å². The number of alkyl halides is 2. The van der Waals surface area contributed by atoms with Gasteiger partial charge in [-0.05, 0) is 0 Å². The Morgan fingerprint density at radius 1 is 1.47 bits per heavy atom. The smallest absolute Gasteiger partial charge is 0.255 e. The second-order valence-electron chi connectivity index (χ2n) is 4.42. The molecule has 2 N–H and O–H groups in total. The van der Waals surface area contributed by atoms with E-state index in [9.17, 15) is 22.0 Å². The highest BCUT2D eigenvalue weighted by Gasteiger charge is 2.28. The fourth-order valence-electron chi connectivity index (χ4n) is 1.94. The summed E-state index contributed by atoms with van der Waals surface area (Å²) in [6, 6.07) is -0.551. The average molecular weight is 300 g/mol. The number of carbonyl (C=O) groups is 1. The van der Waals surface area contributed by atoms with E-state index in [1.165, 1.54) is 0 Å². The van der Waals surface area contributed by atoms with E-state index in [0.717, 1.165) is 4.90 Å². The molecule has 6 nitrogen and oxygen atoms in total. The fraction of sp³-hybridized carbons (Fsp3) is 0.900. The van der Waals surface area contributed by atoms with Crippen molar-refractivity contribution in [2.24, 2.45) is 0 Å². The molecule has 1 fully saturated rings. The summed E-state index contributed by atoms with van der Waals surface area (Å²) in [7, 11) is -3.17. The van der Waals surface area contributed by atoms with Crippen LogP contribution in [0, 0.1) is 0 Å². The number of halogens is 2. The van der Waals surface area contributed by atoms with Gasteiger partial charge in [0.05, 0.1) is 24.7 Å². The quantitative estimate of drug-likeness (QED) is 0.647. The molecule has 1 amide bonds. The van der Waals surface area contributed by atoms with Crippen molar-refractivity contribution in [3.05, 3.63) is 0 Å². The Morgan fingerprint density at radius 2 is 2.16 bits per heavy atom. The molecular weight excluding hydrogens is 282 g/mol. The molecule has 0 saturated carbocycles. The number of sulfone groups is 1. The van der Waals surface area contributed by atoms with Crippen LogP contribution in [0.1, 0.15) is 6.42 Å². The summed E-state index contributed by atoms with van der Waals surface area (Å²) in [5, 5.41) is 11.6. The lowest BCUT2D eigenvalue weighted by Gasteiger charge is -2.27. The molecule has 1 aliphatic rings. The number of hydrogen-bond donors (Lipinski definition) is 2. The van der Waals surface area contributed by atoms with Crippen molar-refractivity contribution in [2.75, 3.05) is 37.7 Å². The Bertz CT molecular complexity index is 402. The number of amides is 1. The molecule has 1 aliphatic heterocycles. The molecule has 1 atom stereocenters. The summed E-state index contributed by atoms with van der Waals surface area (Å²) in [5.74, 6) is -0.723. The van der Waals surface area contributed by atoms with Gasteiger partial charge < -0.3 is 15.3 Å². The zero-order valence-electron chi connectivity index (χ0n) is 10.4. The second kappa shape index (κ2) is 7.11. The number of nitrogens with zero attached hydrogens (tertiary/aromatic N) is 1. The third-order valence-corrected chi connectivity index (χ3v) is 4.54. The topological polar surface area (TPSA) is 86.7 Å². The summed E-state index contributed by atoms with van der Waals surface area (Å²) in [4.78, 5) is 12.6. The summed E-state index contributed by atoms with van der Waals surface area (Å²) in [5.41, 5.74) is 0. The van der Waals surface area contributed by atoms with Crippen molar-refractivity contribution in [1.82, 2.24) is 10.2 Å². The number of aliphatic hydroxyl groups excluding tert-OH is 1. The summed E-state index contributed by atoms with van der Waals surface area (Å²) in [6.45, 7) is -1.08. The van der Waals surface area contributed by atoms with E-state index in [-0.39, 0.29) is 31.0 Å². The molecule has 0 aliphatic carbocycles. The zero-order valence-corrected chi connectivity index (χ0v) is 11.2. The summed E-state index contributed by atoms with van der Waals surface area (Å²) < 4.78 is 47.3. The Hall–Kier alpha value is -0.800. The minimum Gasteiger partial charge on any atom is -0.395 e. The van der Waals surface area contributed by atoms with Gasteiger partial charge in [-0.25, -0.2) is 17.2 Å². The zero-order chi connectivity index (χ0) is 14.5. The molecule has 0 radical (unpaired) electrons. The molecule has 1 heterocycles. The van der Waals surface area contributed by atoms with Crippen LogP contribution in [-0.4, -0.2) is 74.5 Å². The molecular formula is C10H18F2N2O4S. The van der Waals surface area contributed by atoms with E-state index in [2.05, 4.69) is 5.32 Å². The molecule has 1 saturated heterocycles. The van der Waals surface area contributed by atoms with Crippen LogP contribution in [-0.2, 0) is 14.6 Å². The van der Waals surface area contributed by atoms with Crippen LogP contribution in [0.15, 0.2) is 0 Å². The molecule has 19 heavy (non-hydrogen) atoms. The lowest BCUT2D eigenvalue weighted by Crippen LogP contribution is -2.48. The molecule has 1 rings (SSSR count). The van der Waals surface area contributed by atoms with Gasteiger partial charge in [0, 0.05) is 25.6 Å². The predicted octanol–water partition coefficient (Wildman–Crippen LogP) is -1.15. The Balaban J connectivity index is 2.55. The standard InChI is InChI=1S/C10H18F2N2O4S/c11-9(12)6-14(2-3-15)10(16)5-8-7-19(17,18)4-1-13-8/h8-9,13,15H,1-7H2. The fourth-order valence-corrected chi connectivity index (χ4v) is 3.39. The van der Waals surface area contributed by atoms with Crippen LogP contribution >= 0.6 is 0 Å². The van der Waals surface area contributed by atoms with Gasteiger partial charge in [0.1, 0.15) is 0 Å². The van der Waals surface area contributed by atoms with Gasteiger partial charge in [0.2, 0.25) is 5.91 Å². The van der Waals surface area contributed by atoms with E-state index in [1.54, 1.807) is 0 Å². The van der Waals surface area contributed by atoms with Gasteiger partial charge in [0.15, 0.2) is 9.84 Å². The van der Waals surface area contributed by atoms with Crippen molar-refractivity contribution < 1.29 is 27.1 Å². The summed E-state index contributed by atoms with van der Waals surface area (Å²) >= 11 is 0. The first kappa shape index (κ1) is 16.3. The lowest BCUT2D eigenvalue weighted by atomic mass is 10.2. The maximum atomic E-state index is 12.3. The highest BCUT2D eigenvalue weighted by molar-refractivity contribution is 7.91. The number of aliphatic hydroxyl groups is 1. The van der Waals surface area contributed by atoms with Crippen LogP contribution < -0.4 is 5.32 Å². The van der Waals surface area contributed by atoms with E-state index in [4.69, 9.17) is 5.11 Å². The van der Waals surface area contributed by atoms with Crippen LogP contribution in [0.3, 0.4) is 0 Å².